The lowest BCUT2D eigenvalue weighted by Crippen LogP contribution is -2.28. The summed E-state index contributed by atoms with van der Waals surface area (Å²) in [7, 11) is -3.43. The van der Waals surface area contributed by atoms with Crippen LogP contribution in [0, 0.1) is 0 Å². The molecular weight excluding hydrogens is 264 g/mol. The average Bonchev–Trinajstić information content (AvgIpc) is 3.10. The zero-order valence-electron chi connectivity index (χ0n) is 10.2. The summed E-state index contributed by atoms with van der Waals surface area (Å²) in [6.07, 6.45) is 5.45. The first-order valence-electron chi connectivity index (χ1n) is 6.07. The molecule has 3 rings (SSSR count). The van der Waals surface area contributed by atoms with Crippen LogP contribution in [0.4, 0.5) is 0 Å². The number of hydrogen-bond acceptors (Lipinski definition) is 4. The van der Waals surface area contributed by atoms with Crippen molar-refractivity contribution in [2.45, 2.75) is 17.2 Å². The number of hydrogen-bond donors (Lipinski definition) is 1. The van der Waals surface area contributed by atoms with E-state index < -0.39 is 10.0 Å². The van der Waals surface area contributed by atoms with Crippen LogP contribution < -0.4 is 0 Å². The fraction of sp³-hybridized carbons (Fsp3) is 0.333. The first-order valence-corrected chi connectivity index (χ1v) is 7.51. The molecule has 100 valence electrons. The van der Waals surface area contributed by atoms with Crippen LogP contribution >= 0.6 is 0 Å². The van der Waals surface area contributed by atoms with E-state index in [0.717, 1.165) is 12.1 Å². The Morgan fingerprint density at radius 3 is 2.89 bits per heavy atom. The normalized spacial score (nSPS) is 20.7. The maximum Gasteiger partial charge on any atom is 0.244 e. The zero-order valence-corrected chi connectivity index (χ0v) is 11.0. The Hall–Kier alpha value is -1.73. The highest BCUT2D eigenvalue weighted by atomic mass is 32.2. The lowest BCUT2D eigenvalue weighted by Gasteiger charge is -2.15. The molecule has 1 aliphatic heterocycles. The maximum atomic E-state index is 12.4. The van der Waals surface area contributed by atoms with Gasteiger partial charge in [-0.25, -0.2) is 8.42 Å². The van der Waals surface area contributed by atoms with Crippen LogP contribution in [0.25, 0.3) is 0 Å². The van der Waals surface area contributed by atoms with Gasteiger partial charge in [-0.3, -0.25) is 10.1 Å². The SMILES string of the molecule is O=S(=O)(c1cccnc1)N1CCC(c2ccn[nH]2)C1. The third kappa shape index (κ3) is 2.26. The van der Waals surface area contributed by atoms with Crippen LogP contribution in [-0.4, -0.2) is 41.0 Å². The van der Waals surface area contributed by atoms with E-state index in [0.29, 0.717) is 13.1 Å². The van der Waals surface area contributed by atoms with Gasteiger partial charge in [0.2, 0.25) is 10.0 Å². The van der Waals surface area contributed by atoms with Crippen molar-refractivity contribution in [2.75, 3.05) is 13.1 Å². The van der Waals surface area contributed by atoms with Gasteiger partial charge in [-0.1, -0.05) is 0 Å². The van der Waals surface area contributed by atoms with Crippen LogP contribution in [0.1, 0.15) is 18.0 Å². The quantitative estimate of drug-likeness (QED) is 0.907. The van der Waals surface area contributed by atoms with Crippen molar-refractivity contribution in [2.24, 2.45) is 0 Å². The van der Waals surface area contributed by atoms with E-state index in [9.17, 15) is 8.42 Å². The summed E-state index contributed by atoms with van der Waals surface area (Å²) in [5, 5.41) is 6.82. The predicted molar refractivity (Wildman–Crippen MR) is 68.9 cm³/mol. The largest absolute Gasteiger partial charge is 0.282 e. The minimum Gasteiger partial charge on any atom is -0.282 e. The van der Waals surface area contributed by atoms with Gasteiger partial charge in [-0.2, -0.15) is 9.40 Å². The minimum atomic E-state index is -3.43. The van der Waals surface area contributed by atoms with Crippen LogP contribution in [-0.2, 0) is 10.0 Å². The Labute approximate surface area is 111 Å². The van der Waals surface area contributed by atoms with E-state index >= 15 is 0 Å². The molecule has 1 N–H and O–H groups in total. The fourth-order valence-corrected chi connectivity index (χ4v) is 3.81. The van der Waals surface area contributed by atoms with E-state index in [2.05, 4.69) is 15.2 Å². The van der Waals surface area contributed by atoms with Gasteiger partial charge >= 0.3 is 0 Å². The van der Waals surface area contributed by atoms with E-state index in [1.165, 1.54) is 10.5 Å². The maximum absolute atomic E-state index is 12.4. The molecule has 3 heterocycles. The van der Waals surface area contributed by atoms with Gasteiger partial charge in [0.25, 0.3) is 0 Å². The molecule has 0 spiro atoms. The number of nitrogens with zero attached hydrogens (tertiary/aromatic N) is 3. The Morgan fingerprint density at radius 1 is 1.32 bits per heavy atom. The molecule has 1 unspecified atom stereocenters. The topological polar surface area (TPSA) is 79.0 Å². The average molecular weight is 278 g/mol. The van der Waals surface area contributed by atoms with Crippen LogP contribution in [0.5, 0.6) is 0 Å². The Kier molecular flexibility index (Phi) is 3.08. The van der Waals surface area contributed by atoms with Gasteiger partial charge in [0, 0.05) is 43.3 Å². The second-order valence-electron chi connectivity index (χ2n) is 4.55. The van der Waals surface area contributed by atoms with Gasteiger partial charge in [0.1, 0.15) is 4.90 Å². The zero-order chi connectivity index (χ0) is 13.3. The molecule has 2 aromatic heterocycles. The molecule has 1 aliphatic rings. The van der Waals surface area contributed by atoms with Gasteiger partial charge in [-0.15, -0.1) is 0 Å². The molecule has 6 nitrogen and oxygen atoms in total. The summed E-state index contributed by atoms with van der Waals surface area (Å²) in [4.78, 5) is 4.12. The number of H-pyrrole nitrogens is 1. The van der Waals surface area contributed by atoms with Crippen molar-refractivity contribution in [1.82, 2.24) is 19.5 Å². The van der Waals surface area contributed by atoms with Crippen molar-refractivity contribution in [1.29, 1.82) is 0 Å². The van der Waals surface area contributed by atoms with Gasteiger partial charge in [-0.05, 0) is 24.6 Å². The summed E-state index contributed by atoms with van der Waals surface area (Å²) < 4.78 is 26.3. The van der Waals surface area contributed by atoms with E-state index in [-0.39, 0.29) is 10.8 Å². The van der Waals surface area contributed by atoms with Gasteiger partial charge in [0.05, 0.1) is 0 Å². The van der Waals surface area contributed by atoms with Crippen molar-refractivity contribution < 1.29 is 8.42 Å². The Balaban J connectivity index is 1.81. The number of aromatic amines is 1. The highest BCUT2D eigenvalue weighted by Crippen LogP contribution is 2.29. The van der Waals surface area contributed by atoms with Crippen molar-refractivity contribution in [3.05, 3.63) is 42.5 Å². The molecule has 1 atom stereocenters. The molecule has 0 amide bonds. The van der Waals surface area contributed by atoms with Crippen LogP contribution in [0.3, 0.4) is 0 Å². The summed E-state index contributed by atoms with van der Waals surface area (Å²) in [5.74, 6) is 0.189. The summed E-state index contributed by atoms with van der Waals surface area (Å²) in [6, 6.07) is 5.10. The highest BCUT2D eigenvalue weighted by molar-refractivity contribution is 7.89. The number of rotatable bonds is 3. The first kappa shape index (κ1) is 12.3. The molecule has 0 aromatic carbocycles. The second-order valence-corrected chi connectivity index (χ2v) is 6.49. The lowest BCUT2D eigenvalue weighted by molar-refractivity contribution is 0.471. The highest BCUT2D eigenvalue weighted by Gasteiger charge is 2.33. The smallest absolute Gasteiger partial charge is 0.244 e. The molecule has 1 fully saturated rings. The molecule has 0 saturated carbocycles. The number of pyridine rings is 1. The van der Waals surface area contributed by atoms with E-state index in [4.69, 9.17) is 0 Å². The molecule has 7 heteroatoms. The molecule has 0 radical (unpaired) electrons. The van der Waals surface area contributed by atoms with Crippen molar-refractivity contribution in [3.8, 4) is 0 Å². The summed E-state index contributed by atoms with van der Waals surface area (Å²) >= 11 is 0. The second kappa shape index (κ2) is 4.75. The van der Waals surface area contributed by atoms with Gasteiger partial charge < -0.3 is 0 Å². The van der Waals surface area contributed by atoms with E-state index in [1.54, 1.807) is 24.5 Å². The van der Waals surface area contributed by atoms with Crippen LogP contribution in [0.2, 0.25) is 0 Å². The summed E-state index contributed by atoms with van der Waals surface area (Å²) in [5.41, 5.74) is 0.990. The Bertz CT molecular complexity index is 640. The lowest BCUT2D eigenvalue weighted by atomic mass is 10.1. The number of nitrogens with one attached hydrogen (secondary N) is 1. The molecular formula is C12H14N4O2S. The molecule has 0 aliphatic carbocycles. The first-order chi connectivity index (χ1) is 9.18. The molecule has 19 heavy (non-hydrogen) atoms. The predicted octanol–water partition coefficient (Wildman–Crippen LogP) is 0.983. The van der Waals surface area contributed by atoms with Crippen molar-refractivity contribution >= 4 is 10.0 Å². The number of aromatic nitrogens is 3. The monoisotopic (exact) mass is 278 g/mol. The van der Waals surface area contributed by atoms with Crippen LogP contribution in [0.15, 0.2) is 41.7 Å². The van der Waals surface area contributed by atoms with Gasteiger partial charge in [0.15, 0.2) is 0 Å². The minimum absolute atomic E-state index is 0.189. The van der Waals surface area contributed by atoms with E-state index in [1.807, 2.05) is 6.07 Å². The standard InChI is InChI=1S/C12H14N4O2S/c17-19(18,11-2-1-5-13-8-11)16-7-4-10(9-16)12-3-6-14-15-12/h1-3,5-6,8,10H,4,7,9H2,(H,14,15). The van der Waals surface area contributed by atoms with Crippen molar-refractivity contribution in [3.63, 3.8) is 0 Å². The molecule has 0 bridgehead atoms. The molecule has 2 aromatic rings. The Morgan fingerprint density at radius 2 is 2.21 bits per heavy atom. The summed E-state index contributed by atoms with van der Waals surface area (Å²) in [6.45, 7) is 1.01. The number of sulfonamides is 1. The fourth-order valence-electron chi connectivity index (χ4n) is 2.34. The molecule has 1 saturated heterocycles. The third-order valence-electron chi connectivity index (χ3n) is 3.39. The third-order valence-corrected chi connectivity index (χ3v) is 5.23.